The molecule has 0 aliphatic carbocycles. The fraction of sp³-hybridized carbons (Fsp3) is 0.400. The summed E-state index contributed by atoms with van der Waals surface area (Å²) in [6.07, 6.45) is 2.34. The van der Waals surface area contributed by atoms with Gasteiger partial charge in [0.05, 0.1) is 30.9 Å². The zero-order chi connectivity index (χ0) is 13.1. The highest BCUT2D eigenvalue weighted by atomic mass is 16.5. The first-order valence-corrected chi connectivity index (χ1v) is 6.66. The van der Waals surface area contributed by atoms with Crippen LogP contribution in [0.1, 0.15) is 5.56 Å². The number of aliphatic hydroxyl groups is 1. The summed E-state index contributed by atoms with van der Waals surface area (Å²) >= 11 is 0. The van der Waals surface area contributed by atoms with E-state index in [1.165, 1.54) is 10.9 Å². The van der Waals surface area contributed by atoms with Crippen molar-refractivity contribution in [3.05, 3.63) is 42.1 Å². The quantitative estimate of drug-likeness (QED) is 0.863. The summed E-state index contributed by atoms with van der Waals surface area (Å²) in [5, 5.41) is 14.2. The predicted molar refractivity (Wildman–Crippen MR) is 74.1 cm³/mol. The van der Waals surface area contributed by atoms with E-state index in [1.807, 2.05) is 12.3 Å². The van der Waals surface area contributed by atoms with Crippen LogP contribution in [0.2, 0.25) is 0 Å². The van der Waals surface area contributed by atoms with Crippen molar-refractivity contribution >= 4 is 10.9 Å². The number of aromatic nitrogens is 1. The van der Waals surface area contributed by atoms with Gasteiger partial charge in [-0.2, -0.15) is 0 Å². The molecule has 1 aliphatic rings. The van der Waals surface area contributed by atoms with Crippen molar-refractivity contribution in [3.63, 3.8) is 0 Å². The van der Waals surface area contributed by atoms with E-state index >= 15 is 0 Å². The van der Waals surface area contributed by atoms with Crippen molar-refractivity contribution in [1.82, 2.24) is 10.3 Å². The Hall–Kier alpha value is -1.49. The van der Waals surface area contributed by atoms with E-state index in [1.54, 1.807) is 0 Å². The Morgan fingerprint density at radius 1 is 1.26 bits per heavy atom. The molecule has 2 atom stereocenters. The second-order valence-corrected chi connectivity index (χ2v) is 4.91. The van der Waals surface area contributed by atoms with Gasteiger partial charge in [0.15, 0.2) is 0 Å². The number of fused-ring (bicyclic) bond motifs is 1. The topological polar surface area (TPSA) is 54.4 Å². The third-order valence-corrected chi connectivity index (χ3v) is 3.57. The first-order chi connectivity index (χ1) is 9.34. The van der Waals surface area contributed by atoms with Gasteiger partial charge in [-0.25, -0.2) is 0 Å². The molecule has 0 saturated carbocycles. The molecule has 1 fully saturated rings. The minimum absolute atomic E-state index is 0.0583. The highest BCUT2D eigenvalue weighted by Gasteiger charge is 2.25. The summed E-state index contributed by atoms with van der Waals surface area (Å²) in [5.74, 6) is 0. The van der Waals surface area contributed by atoms with E-state index in [0.29, 0.717) is 13.2 Å². The molecule has 2 N–H and O–H groups in total. The van der Waals surface area contributed by atoms with Crippen LogP contribution in [0, 0.1) is 0 Å². The van der Waals surface area contributed by atoms with Crippen molar-refractivity contribution in [2.24, 2.45) is 0 Å². The average molecular weight is 258 g/mol. The number of hydrogen-bond donors (Lipinski definition) is 2. The Bertz CT molecular complexity index is 553. The van der Waals surface area contributed by atoms with E-state index in [2.05, 4.69) is 34.6 Å². The van der Waals surface area contributed by atoms with Crippen molar-refractivity contribution in [2.45, 2.75) is 18.6 Å². The summed E-state index contributed by atoms with van der Waals surface area (Å²) < 4.78 is 5.22. The highest BCUT2D eigenvalue weighted by Crippen LogP contribution is 2.16. The molecule has 4 nitrogen and oxygen atoms in total. The second kappa shape index (κ2) is 5.65. The zero-order valence-corrected chi connectivity index (χ0v) is 10.7. The van der Waals surface area contributed by atoms with E-state index in [4.69, 9.17) is 4.74 Å². The number of pyridine rings is 1. The second-order valence-electron chi connectivity index (χ2n) is 4.91. The van der Waals surface area contributed by atoms with E-state index in [9.17, 15) is 5.11 Å². The number of ether oxygens (including phenoxy) is 1. The van der Waals surface area contributed by atoms with Gasteiger partial charge in [-0.15, -0.1) is 0 Å². The molecule has 0 radical (unpaired) electrons. The van der Waals surface area contributed by atoms with Crippen molar-refractivity contribution < 1.29 is 9.84 Å². The van der Waals surface area contributed by atoms with Gasteiger partial charge in [0, 0.05) is 11.6 Å². The Morgan fingerprint density at radius 2 is 2.16 bits per heavy atom. The molecule has 0 spiro atoms. The number of para-hydroxylation sites is 1. The van der Waals surface area contributed by atoms with Gasteiger partial charge in [0.2, 0.25) is 0 Å². The van der Waals surface area contributed by atoms with E-state index in [0.717, 1.165) is 18.5 Å². The summed E-state index contributed by atoms with van der Waals surface area (Å²) in [6, 6.07) is 10.3. The van der Waals surface area contributed by atoms with Gasteiger partial charge in [-0.1, -0.05) is 24.3 Å². The number of nitrogens with zero attached hydrogens (tertiary/aromatic N) is 1. The molecule has 100 valence electrons. The molecule has 1 aromatic carbocycles. The largest absolute Gasteiger partial charge is 0.389 e. The lowest BCUT2D eigenvalue weighted by atomic mass is 10.1. The van der Waals surface area contributed by atoms with Crippen molar-refractivity contribution in [1.29, 1.82) is 0 Å². The first kappa shape index (κ1) is 12.5. The van der Waals surface area contributed by atoms with Gasteiger partial charge in [-0.3, -0.25) is 4.98 Å². The Kier molecular flexibility index (Phi) is 3.73. The molecule has 3 rings (SSSR count). The van der Waals surface area contributed by atoms with Crippen molar-refractivity contribution in [2.75, 3.05) is 19.8 Å². The van der Waals surface area contributed by atoms with Crippen LogP contribution in [-0.4, -0.2) is 42.0 Å². The predicted octanol–water partition coefficient (Wildman–Crippen LogP) is 1.13. The molecule has 1 aromatic heterocycles. The number of hydrogen-bond acceptors (Lipinski definition) is 4. The van der Waals surface area contributed by atoms with Gasteiger partial charge in [0.25, 0.3) is 0 Å². The van der Waals surface area contributed by atoms with Crippen LogP contribution < -0.4 is 5.32 Å². The number of rotatable bonds is 4. The lowest BCUT2D eigenvalue weighted by Crippen LogP contribution is -2.39. The summed E-state index contributed by atoms with van der Waals surface area (Å²) in [6.45, 7) is 1.85. The van der Waals surface area contributed by atoms with Crippen LogP contribution in [0.3, 0.4) is 0 Å². The maximum absolute atomic E-state index is 9.66. The monoisotopic (exact) mass is 258 g/mol. The number of nitrogens with one attached hydrogen (secondary N) is 1. The smallest absolute Gasteiger partial charge is 0.0948 e. The molecule has 1 aliphatic heterocycles. The Morgan fingerprint density at radius 3 is 3.00 bits per heavy atom. The van der Waals surface area contributed by atoms with Gasteiger partial charge in [-0.05, 0) is 24.6 Å². The maximum Gasteiger partial charge on any atom is 0.0948 e. The minimum Gasteiger partial charge on any atom is -0.389 e. The third kappa shape index (κ3) is 2.76. The first-order valence-electron chi connectivity index (χ1n) is 6.66. The third-order valence-electron chi connectivity index (χ3n) is 3.57. The van der Waals surface area contributed by atoms with Crippen LogP contribution in [0.5, 0.6) is 0 Å². The molecule has 1 saturated heterocycles. The standard InChI is InChI=1S/C15H18N2O2/c18-14-10-19-9-13(14)16-8-6-12-4-1-3-11-5-2-7-17-15(11)12/h1-5,7,13-14,16,18H,6,8-10H2. The van der Waals surface area contributed by atoms with E-state index < -0.39 is 0 Å². The lowest BCUT2D eigenvalue weighted by molar-refractivity contribution is 0.122. The summed E-state index contributed by atoms with van der Waals surface area (Å²) in [4.78, 5) is 4.44. The summed E-state index contributed by atoms with van der Waals surface area (Å²) in [5.41, 5.74) is 2.30. The number of benzene rings is 1. The molecule has 2 aromatic rings. The molecule has 4 heteroatoms. The molecular formula is C15H18N2O2. The molecule has 2 unspecified atom stereocenters. The molecule has 19 heavy (non-hydrogen) atoms. The maximum atomic E-state index is 9.66. The summed E-state index contributed by atoms with van der Waals surface area (Å²) in [7, 11) is 0. The molecular weight excluding hydrogens is 240 g/mol. The molecule has 0 amide bonds. The van der Waals surface area contributed by atoms with Gasteiger partial charge < -0.3 is 15.2 Å². The number of aliphatic hydroxyl groups excluding tert-OH is 1. The molecule has 2 heterocycles. The van der Waals surface area contributed by atoms with Crippen LogP contribution in [0.4, 0.5) is 0 Å². The van der Waals surface area contributed by atoms with Crippen LogP contribution in [0.15, 0.2) is 36.5 Å². The molecule has 0 bridgehead atoms. The zero-order valence-electron chi connectivity index (χ0n) is 10.7. The normalized spacial score (nSPS) is 23.0. The SMILES string of the molecule is OC1COCC1NCCc1cccc2cccnc12. The van der Waals surface area contributed by atoms with Crippen molar-refractivity contribution in [3.8, 4) is 0 Å². The van der Waals surface area contributed by atoms with Crippen LogP contribution >= 0.6 is 0 Å². The van der Waals surface area contributed by atoms with E-state index in [-0.39, 0.29) is 12.1 Å². The van der Waals surface area contributed by atoms with Crippen LogP contribution in [0.25, 0.3) is 10.9 Å². The fourth-order valence-electron chi connectivity index (χ4n) is 2.50. The minimum atomic E-state index is -0.384. The Balaban J connectivity index is 1.65. The van der Waals surface area contributed by atoms with Crippen LogP contribution in [-0.2, 0) is 11.2 Å². The Labute approximate surface area is 112 Å². The average Bonchev–Trinajstić information content (AvgIpc) is 2.85. The highest BCUT2D eigenvalue weighted by molar-refractivity contribution is 5.81. The van der Waals surface area contributed by atoms with Gasteiger partial charge in [0.1, 0.15) is 0 Å². The van der Waals surface area contributed by atoms with Gasteiger partial charge >= 0.3 is 0 Å². The lowest BCUT2D eigenvalue weighted by Gasteiger charge is -2.14. The fourth-order valence-corrected chi connectivity index (χ4v) is 2.50.